The summed E-state index contributed by atoms with van der Waals surface area (Å²) < 4.78 is 0.364. The molecule has 0 saturated carbocycles. The van der Waals surface area contributed by atoms with Crippen LogP contribution in [0.1, 0.15) is 0 Å². The third kappa shape index (κ3) is 3.55. The van der Waals surface area contributed by atoms with Crippen molar-refractivity contribution in [3.63, 3.8) is 0 Å². The highest BCUT2D eigenvalue weighted by molar-refractivity contribution is 9.12. The Labute approximate surface area is 201 Å². The first kappa shape index (κ1) is 20.7. The van der Waals surface area contributed by atoms with Gasteiger partial charge in [-0.3, -0.25) is 9.59 Å². The molecule has 0 bridgehead atoms. The van der Waals surface area contributed by atoms with Gasteiger partial charge in [0.25, 0.3) is 0 Å². The van der Waals surface area contributed by atoms with E-state index in [2.05, 4.69) is 42.5 Å². The van der Waals surface area contributed by atoms with Gasteiger partial charge in [0.15, 0.2) is 0 Å². The lowest BCUT2D eigenvalue weighted by Crippen LogP contribution is -2.27. The molecule has 4 nitrogen and oxygen atoms in total. The Hall–Kier alpha value is -3.22. The Balaban J connectivity index is 1.51. The van der Waals surface area contributed by atoms with Crippen molar-refractivity contribution in [3.8, 4) is 0 Å². The quantitative estimate of drug-likeness (QED) is 0.273. The zero-order chi connectivity index (χ0) is 22.2. The summed E-state index contributed by atoms with van der Waals surface area (Å²) in [7, 11) is 0. The van der Waals surface area contributed by atoms with Gasteiger partial charge in [-0.2, -0.15) is 0 Å². The van der Waals surface area contributed by atoms with Crippen LogP contribution in [0.3, 0.4) is 0 Å². The topological polar surface area (TPSA) is 58.2 Å². The van der Waals surface area contributed by atoms with Crippen molar-refractivity contribution in [3.05, 3.63) is 105 Å². The van der Waals surface area contributed by atoms with Crippen molar-refractivity contribution >= 4 is 76.3 Å². The Morgan fingerprint density at radius 3 is 1.31 bits per heavy atom. The number of nitrogens with one attached hydrogen (secondary N) is 2. The molecule has 4 aromatic carbocycles. The number of hydrogen-bond acceptors (Lipinski definition) is 4. The predicted octanol–water partition coefficient (Wildman–Crippen LogP) is 6.88. The van der Waals surface area contributed by atoms with E-state index in [4.69, 9.17) is 0 Å². The first-order valence-electron chi connectivity index (χ1n) is 9.93. The second kappa shape index (κ2) is 8.37. The van der Waals surface area contributed by atoms with Gasteiger partial charge in [-0.15, -0.1) is 0 Å². The third-order valence-electron chi connectivity index (χ3n) is 5.39. The van der Waals surface area contributed by atoms with E-state index in [1.54, 1.807) is 0 Å². The number of hydrogen-bond donors (Lipinski definition) is 2. The highest BCUT2D eigenvalue weighted by atomic mass is 79.9. The summed E-state index contributed by atoms with van der Waals surface area (Å²) in [6.45, 7) is 0. The molecule has 6 heteroatoms. The molecule has 0 amide bonds. The molecule has 5 rings (SSSR count). The highest BCUT2D eigenvalue weighted by Crippen LogP contribution is 2.35. The van der Waals surface area contributed by atoms with Crippen LogP contribution < -0.4 is 10.6 Å². The van der Waals surface area contributed by atoms with E-state index in [0.717, 1.165) is 32.9 Å². The molecule has 0 aliphatic heterocycles. The molecule has 156 valence electrons. The fraction of sp³-hybridized carbons (Fsp3) is 0. The summed E-state index contributed by atoms with van der Waals surface area (Å²) in [4.78, 5) is 26.5. The maximum absolute atomic E-state index is 13.2. The van der Waals surface area contributed by atoms with Crippen molar-refractivity contribution in [2.75, 3.05) is 10.6 Å². The molecule has 0 unspecified atom stereocenters. The van der Waals surface area contributed by atoms with Crippen LogP contribution in [-0.2, 0) is 9.59 Å². The molecule has 0 heterocycles. The van der Waals surface area contributed by atoms with Gasteiger partial charge in [0.1, 0.15) is 11.4 Å². The van der Waals surface area contributed by atoms with Crippen LogP contribution in [0.15, 0.2) is 105 Å². The van der Waals surface area contributed by atoms with Crippen LogP contribution in [0.4, 0.5) is 11.4 Å². The third-order valence-corrected chi connectivity index (χ3v) is 6.90. The number of anilines is 2. The number of carbonyl (C=O) groups is 2. The van der Waals surface area contributed by atoms with Crippen LogP contribution in [0.25, 0.3) is 21.5 Å². The van der Waals surface area contributed by atoms with Gasteiger partial charge >= 0.3 is 0 Å². The number of ketones is 2. The summed E-state index contributed by atoms with van der Waals surface area (Å²) in [6, 6.07) is 27.3. The van der Waals surface area contributed by atoms with E-state index in [0.29, 0.717) is 0 Å². The molecule has 0 saturated heterocycles. The van der Waals surface area contributed by atoms with E-state index in [1.807, 2.05) is 84.9 Å². The van der Waals surface area contributed by atoms with Crippen LogP contribution in [0.5, 0.6) is 0 Å². The van der Waals surface area contributed by atoms with Crippen molar-refractivity contribution in [2.24, 2.45) is 0 Å². The molecule has 1 aliphatic rings. The smallest absolute Gasteiger partial charge is 0.219 e. The number of rotatable bonds is 4. The molecule has 4 aromatic rings. The van der Waals surface area contributed by atoms with Crippen LogP contribution in [0, 0.1) is 0 Å². The van der Waals surface area contributed by atoms with Gasteiger partial charge < -0.3 is 10.6 Å². The van der Waals surface area contributed by atoms with E-state index in [9.17, 15) is 9.59 Å². The minimum absolute atomic E-state index is 0.182. The molecule has 2 N–H and O–H groups in total. The van der Waals surface area contributed by atoms with E-state index >= 15 is 0 Å². The zero-order valence-electron chi connectivity index (χ0n) is 16.7. The molecule has 0 atom stereocenters. The SMILES string of the molecule is O=C1C(Br)=C(Nc2cccc3ccccc23)C(=O)C(Br)=C1Nc1cccc2ccccc12. The predicted molar refractivity (Wildman–Crippen MR) is 137 cm³/mol. The van der Waals surface area contributed by atoms with Crippen molar-refractivity contribution in [1.82, 2.24) is 0 Å². The Bertz CT molecular complexity index is 1360. The maximum Gasteiger partial charge on any atom is 0.219 e. The lowest BCUT2D eigenvalue weighted by Gasteiger charge is -2.21. The second-order valence-electron chi connectivity index (χ2n) is 7.34. The van der Waals surface area contributed by atoms with E-state index in [1.165, 1.54) is 0 Å². The Kier molecular flexibility index (Phi) is 5.41. The second-order valence-corrected chi connectivity index (χ2v) is 8.93. The number of carbonyl (C=O) groups excluding carboxylic acids is 2. The summed E-state index contributed by atoms with van der Waals surface area (Å²) >= 11 is 6.73. The number of Topliss-reactive ketones (excluding diaryl/α,β-unsaturated/α-hetero) is 2. The molecule has 0 spiro atoms. The lowest BCUT2D eigenvalue weighted by molar-refractivity contribution is -0.115. The van der Waals surface area contributed by atoms with Gasteiger partial charge in [-0.25, -0.2) is 0 Å². The number of fused-ring (bicyclic) bond motifs is 2. The first-order valence-corrected chi connectivity index (χ1v) is 11.5. The molecule has 0 radical (unpaired) electrons. The van der Waals surface area contributed by atoms with Gasteiger partial charge in [-0.05, 0) is 54.8 Å². The van der Waals surface area contributed by atoms with Gasteiger partial charge in [-0.1, -0.05) is 72.8 Å². The summed E-state index contributed by atoms with van der Waals surface area (Å²) in [5.74, 6) is -0.626. The molecular weight excluding hydrogens is 532 g/mol. The average Bonchev–Trinajstić information content (AvgIpc) is 2.83. The minimum Gasteiger partial charge on any atom is -0.351 e. The molecule has 0 aromatic heterocycles. The Morgan fingerprint density at radius 2 is 0.875 bits per heavy atom. The normalized spacial score (nSPS) is 14.4. The number of halogens is 2. The molecular formula is C26H16Br2N2O2. The van der Waals surface area contributed by atoms with Crippen LogP contribution in [0.2, 0.25) is 0 Å². The minimum atomic E-state index is -0.313. The standard InChI is InChI=1S/C26H16Br2N2O2/c27-21-23(29-19-13-5-9-15-7-1-3-11-17(15)19)25(31)22(28)24(26(21)32)30-20-14-6-10-16-8-2-4-12-18(16)20/h1-14,29-30H. The van der Waals surface area contributed by atoms with Gasteiger partial charge in [0.05, 0.1) is 8.96 Å². The fourth-order valence-corrected chi connectivity index (χ4v) is 4.76. The van der Waals surface area contributed by atoms with Crippen LogP contribution in [-0.4, -0.2) is 11.6 Å². The first-order chi connectivity index (χ1) is 15.5. The highest BCUT2D eigenvalue weighted by Gasteiger charge is 2.33. The summed E-state index contributed by atoms with van der Waals surface area (Å²) in [5.41, 5.74) is 1.90. The fourth-order valence-electron chi connectivity index (χ4n) is 3.81. The zero-order valence-corrected chi connectivity index (χ0v) is 19.8. The van der Waals surface area contributed by atoms with Crippen molar-refractivity contribution < 1.29 is 9.59 Å². The molecule has 1 aliphatic carbocycles. The Morgan fingerprint density at radius 1 is 0.500 bits per heavy atom. The van der Waals surface area contributed by atoms with E-state index < -0.39 is 0 Å². The monoisotopic (exact) mass is 546 g/mol. The largest absolute Gasteiger partial charge is 0.351 e. The number of allylic oxidation sites excluding steroid dienone is 2. The molecule has 32 heavy (non-hydrogen) atoms. The van der Waals surface area contributed by atoms with Gasteiger partial charge in [0.2, 0.25) is 11.6 Å². The average molecular weight is 548 g/mol. The van der Waals surface area contributed by atoms with E-state index in [-0.39, 0.29) is 31.9 Å². The summed E-state index contributed by atoms with van der Waals surface area (Å²) in [6.07, 6.45) is 0. The maximum atomic E-state index is 13.2. The molecule has 0 fully saturated rings. The van der Waals surface area contributed by atoms with Crippen molar-refractivity contribution in [1.29, 1.82) is 0 Å². The number of benzene rings is 4. The lowest BCUT2D eigenvalue weighted by atomic mass is 10.0. The van der Waals surface area contributed by atoms with Crippen LogP contribution >= 0.6 is 31.9 Å². The van der Waals surface area contributed by atoms with Crippen molar-refractivity contribution in [2.45, 2.75) is 0 Å². The van der Waals surface area contributed by atoms with Gasteiger partial charge in [0, 0.05) is 22.1 Å². The summed E-state index contributed by atoms with van der Waals surface area (Å²) in [5, 5.41) is 10.3.